The molecule has 12 heteroatoms. The molecule has 2 saturated heterocycles. The molecule has 0 aliphatic carbocycles. The minimum atomic E-state index is -1.59. The molecular weight excluding hydrogens is 471 g/mol. The summed E-state index contributed by atoms with van der Waals surface area (Å²) in [4.78, 5) is 51.9. The Bertz CT molecular complexity index is 1300. The average molecular weight is 493 g/mol. The normalized spacial score (nSPS) is 20.2. The number of hydrogen-bond acceptors (Lipinski definition) is 6. The van der Waals surface area contributed by atoms with Crippen molar-refractivity contribution in [3.8, 4) is 5.75 Å². The fraction of sp³-hybridized carbons (Fsp3) is 0.360. The van der Waals surface area contributed by atoms with E-state index >= 15 is 0 Å². The second-order valence-electron chi connectivity index (χ2n) is 9.32. The molecule has 182 valence electrons. The lowest BCUT2D eigenvalue weighted by molar-refractivity contribution is -0.145. The van der Waals surface area contributed by atoms with Gasteiger partial charge >= 0.3 is 0 Å². The number of piperidine rings is 1. The van der Waals surface area contributed by atoms with E-state index in [0.29, 0.717) is 34.5 Å². The van der Waals surface area contributed by atoms with Gasteiger partial charge in [0.05, 0.1) is 28.8 Å². The number of morpholine rings is 1. The van der Waals surface area contributed by atoms with E-state index in [9.17, 15) is 19.2 Å². The van der Waals surface area contributed by atoms with Crippen LogP contribution in [0.3, 0.4) is 0 Å². The summed E-state index contributed by atoms with van der Waals surface area (Å²) in [7, 11) is 18.9. The van der Waals surface area contributed by atoms with E-state index in [1.807, 2.05) is 0 Å². The molecule has 2 fully saturated rings. The zero-order valence-electron chi connectivity index (χ0n) is 20.1. The first-order valence-electron chi connectivity index (χ1n) is 11.9. The molecule has 3 aliphatic heterocycles. The Kier molecular flexibility index (Phi) is 6.62. The van der Waals surface area contributed by atoms with Gasteiger partial charge < -0.3 is 19.3 Å². The van der Waals surface area contributed by atoms with Crippen LogP contribution in [0.25, 0.3) is 0 Å². The van der Waals surface area contributed by atoms with Gasteiger partial charge in [0.2, 0.25) is 17.7 Å². The molecule has 5 rings (SSSR count). The summed E-state index contributed by atoms with van der Waals surface area (Å²) in [5, 5.41) is 0.705. The third-order valence-corrected chi connectivity index (χ3v) is 6.91. The van der Waals surface area contributed by atoms with Crippen molar-refractivity contribution >= 4 is 52.6 Å². The van der Waals surface area contributed by atoms with Crippen molar-refractivity contribution in [2.24, 2.45) is 0 Å². The molecule has 1 unspecified atom stereocenters. The number of carbonyl (C=O) groups is 4. The molecule has 6 radical (unpaired) electrons. The van der Waals surface area contributed by atoms with Gasteiger partial charge in [0.15, 0.2) is 0 Å². The van der Waals surface area contributed by atoms with Gasteiger partial charge in [-0.3, -0.25) is 24.5 Å². The van der Waals surface area contributed by atoms with E-state index < -0.39 is 17.3 Å². The van der Waals surface area contributed by atoms with Crippen molar-refractivity contribution in [1.29, 1.82) is 0 Å². The molecule has 3 aliphatic rings. The largest absolute Gasteiger partial charge is 0.489 e. The first-order chi connectivity index (χ1) is 17.7. The van der Waals surface area contributed by atoms with Gasteiger partial charge in [-0.05, 0) is 35.0 Å². The molecule has 0 bridgehead atoms. The molecule has 1 atom stereocenters. The SMILES string of the molecule is [B]c1cc(COc2cccc3c2CN(C2CCC(=O)NC2=O)C3=O)ccc1C([B])([B])N1CCOCC1=O. The van der Waals surface area contributed by atoms with Crippen LogP contribution in [0.1, 0.15) is 39.9 Å². The number of amides is 4. The predicted molar refractivity (Wildman–Crippen MR) is 134 cm³/mol. The van der Waals surface area contributed by atoms with Crippen LogP contribution >= 0.6 is 0 Å². The van der Waals surface area contributed by atoms with E-state index in [1.165, 1.54) is 9.80 Å². The highest BCUT2D eigenvalue weighted by Gasteiger charge is 2.40. The second-order valence-corrected chi connectivity index (χ2v) is 9.32. The van der Waals surface area contributed by atoms with E-state index in [4.69, 9.17) is 33.0 Å². The highest BCUT2D eigenvalue weighted by molar-refractivity contribution is 6.44. The van der Waals surface area contributed by atoms with Gasteiger partial charge in [-0.25, -0.2) is 0 Å². The second kappa shape index (κ2) is 9.74. The molecule has 2 aromatic carbocycles. The Morgan fingerprint density at radius 2 is 1.95 bits per heavy atom. The number of imide groups is 1. The van der Waals surface area contributed by atoms with Gasteiger partial charge in [0.25, 0.3) is 5.91 Å². The predicted octanol–water partition coefficient (Wildman–Crippen LogP) is -0.873. The minimum Gasteiger partial charge on any atom is -0.489 e. The zero-order chi connectivity index (χ0) is 26.3. The Morgan fingerprint density at radius 3 is 2.68 bits per heavy atom. The molecule has 9 nitrogen and oxygen atoms in total. The number of nitrogens with zero attached hydrogens (tertiary/aromatic N) is 2. The highest BCUT2D eigenvalue weighted by Crippen LogP contribution is 2.34. The van der Waals surface area contributed by atoms with Gasteiger partial charge in [0.1, 0.15) is 32.9 Å². The minimum absolute atomic E-state index is 0.0904. The van der Waals surface area contributed by atoms with Gasteiger partial charge in [-0.15, -0.1) is 0 Å². The molecular formula is C25H22B3N3O6. The first kappa shape index (κ1) is 25.1. The summed E-state index contributed by atoms with van der Waals surface area (Å²) in [5.41, 5.74) is 2.58. The Labute approximate surface area is 218 Å². The van der Waals surface area contributed by atoms with E-state index in [-0.39, 0.29) is 56.9 Å². The van der Waals surface area contributed by atoms with Gasteiger partial charge in [-0.1, -0.05) is 29.7 Å². The summed E-state index contributed by atoms with van der Waals surface area (Å²) in [6.45, 7) is 0.843. The quantitative estimate of drug-likeness (QED) is 0.415. The number of carbonyl (C=O) groups excluding carboxylic acids is 4. The average Bonchev–Trinajstić information content (AvgIpc) is 3.19. The van der Waals surface area contributed by atoms with Crippen molar-refractivity contribution in [3.05, 3.63) is 58.7 Å². The summed E-state index contributed by atoms with van der Waals surface area (Å²) >= 11 is 0. The molecule has 37 heavy (non-hydrogen) atoms. The third-order valence-electron chi connectivity index (χ3n) is 6.91. The van der Waals surface area contributed by atoms with Crippen LogP contribution in [0.5, 0.6) is 5.75 Å². The lowest BCUT2D eigenvalue weighted by Gasteiger charge is -2.43. The smallest absolute Gasteiger partial charge is 0.255 e. The van der Waals surface area contributed by atoms with E-state index in [1.54, 1.807) is 36.4 Å². The zero-order valence-corrected chi connectivity index (χ0v) is 20.1. The topological polar surface area (TPSA) is 105 Å². The van der Waals surface area contributed by atoms with Crippen molar-refractivity contribution in [2.75, 3.05) is 19.8 Å². The van der Waals surface area contributed by atoms with Gasteiger partial charge in [0, 0.05) is 24.1 Å². The van der Waals surface area contributed by atoms with E-state index in [0.717, 1.165) is 5.56 Å². The molecule has 3 heterocycles. The molecule has 2 aromatic rings. The Balaban J connectivity index is 1.30. The number of benzene rings is 2. The lowest BCUT2D eigenvalue weighted by atomic mass is 9.54. The molecule has 1 N–H and O–H groups in total. The number of nitrogens with one attached hydrogen (secondary N) is 1. The van der Waals surface area contributed by atoms with E-state index in [2.05, 4.69) is 5.32 Å². The van der Waals surface area contributed by atoms with Gasteiger partial charge in [-0.2, -0.15) is 0 Å². The Morgan fingerprint density at radius 1 is 1.14 bits per heavy atom. The maximum absolute atomic E-state index is 13.0. The molecule has 0 aromatic heterocycles. The Hall–Kier alpha value is -3.53. The summed E-state index contributed by atoms with van der Waals surface area (Å²) in [5.74, 6) is -0.887. The van der Waals surface area contributed by atoms with Crippen LogP contribution in [0.4, 0.5) is 0 Å². The van der Waals surface area contributed by atoms with Crippen LogP contribution in [-0.4, -0.2) is 82.8 Å². The number of fused-ring (bicyclic) bond motifs is 1. The van der Waals surface area contributed by atoms with Crippen molar-refractivity contribution in [3.63, 3.8) is 0 Å². The first-order valence-corrected chi connectivity index (χ1v) is 11.9. The van der Waals surface area contributed by atoms with Crippen LogP contribution < -0.4 is 15.5 Å². The number of rotatable bonds is 6. The summed E-state index contributed by atoms with van der Waals surface area (Å²) in [6, 6.07) is 9.57. The van der Waals surface area contributed by atoms with Crippen LogP contribution in [0.2, 0.25) is 0 Å². The van der Waals surface area contributed by atoms with Crippen molar-refractivity contribution in [1.82, 2.24) is 15.1 Å². The monoisotopic (exact) mass is 493 g/mol. The molecule has 0 spiro atoms. The highest BCUT2D eigenvalue weighted by atomic mass is 16.5. The maximum Gasteiger partial charge on any atom is 0.255 e. The molecule has 4 amide bonds. The maximum atomic E-state index is 13.0. The summed E-state index contributed by atoms with van der Waals surface area (Å²) in [6.07, 6.45) is 0.468. The van der Waals surface area contributed by atoms with Crippen molar-refractivity contribution < 1.29 is 28.7 Å². The van der Waals surface area contributed by atoms with Crippen molar-refractivity contribution in [2.45, 2.75) is 37.4 Å². The summed E-state index contributed by atoms with van der Waals surface area (Å²) < 4.78 is 11.2. The van der Waals surface area contributed by atoms with Crippen LogP contribution in [0, 0.1) is 0 Å². The standard InChI is InChI=1S/C25H22B3N3O6/c26-18-10-14(4-5-17(18)25(27,28)31-8-9-36-13-22(31)33)12-37-20-3-1-2-15-16(20)11-30(24(15)35)19-6-7-21(32)29-23(19)34/h1-5,10,19H,6-9,11-13H2,(H,29,32,34). The fourth-order valence-corrected chi connectivity index (χ4v) is 4.97. The third kappa shape index (κ3) is 4.66. The molecule has 0 saturated carbocycles. The van der Waals surface area contributed by atoms with Crippen LogP contribution in [-0.2, 0) is 37.6 Å². The fourth-order valence-electron chi connectivity index (χ4n) is 4.97. The lowest BCUT2D eigenvalue weighted by Crippen LogP contribution is -2.56. The number of hydrogen-bond donors (Lipinski definition) is 1. The number of ether oxygens (including phenoxy) is 2. The van der Waals surface area contributed by atoms with Crippen LogP contribution in [0.15, 0.2) is 36.4 Å².